The van der Waals surface area contributed by atoms with Gasteiger partial charge in [-0.15, -0.1) is 11.3 Å². The Morgan fingerprint density at radius 2 is 2.24 bits per heavy atom. The second kappa shape index (κ2) is 7.55. The van der Waals surface area contributed by atoms with Gasteiger partial charge in [0.1, 0.15) is 10.7 Å². The second-order valence-corrected chi connectivity index (χ2v) is 7.61. The van der Waals surface area contributed by atoms with Crippen LogP contribution in [0.3, 0.4) is 0 Å². The summed E-state index contributed by atoms with van der Waals surface area (Å²) in [7, 11) is 1.53. The first kappa shape index (κ1) is 18.9. The van der Waals surface area contributed by atoms with Crippen LogP contribution in [0.4, 0.5) is 0 Å². The molecule has 0 saturated heterocycles. The summed E-state index contributed by atoms with van der Waals surface area (Å²) in [4.78, 5) is 33.2. The van der Waals surface area contributed by atoms with Crippen molar-refractivity contribution in [3.63, 3.8) is 0 Å². The Balaban J connectivity index is 1.46. The highest BCUT2D eigenvalue weighted by molar-refractivity contribution is 7.18. The van der Waals surface area contributed by atoms with Crippen molar-refractivity contribution in [2.24, 2.45) is 5.10 Å². The van der Waals surface area contributed by atoms with Crippen LogP contribution >= 0.6 is 11.3 Å². The number of hydrogen-bond acceptors (Lipinski definition) is 8. The molecule has 9 nitrogen and oxygen atoms in total. The van der Waals surface area contributed by atoms with Crippen molar-refractivity contribution in [3.05, 3.63) is 44.3 Å². The zero-order valence-electron chi connectivity index (χ0n) is 16.0. The first-order valence-electron chi connectivity index (χ1n) is 8.74. The van der Waals surface area contributed by atoms with Crippen LogP contribution in [0.15, 0.2) is 22.0 Å². The summed E-state index contributed by atoms with van der Waals surface area (Å²) in [5, 5.41) is 4.52. The highest BCUT2D eigenvalue weighted by Gasteiger charge is 2.19. The van der Waals surface area contributed by atoms with Crippen LogP contribution in [-0.2, 0) is 11.2 Å². The number of fused-ring (bicyclic) bond motifs is 2. The Morgan fingerprint density at radius 3 is 3.03 bits per heavy atom. The minimum absolute atomic E-state index is 0.0943. The molecular formula is C19H18N4O5S. The van der Waals surface area contributed by atoms with E-state index < -0.39 is 5.91 Å². The Kier molecular flexibility index (Phi) is 4.93. The van der Waals surface area contributed by atoms with E-state index in [0.717, 1.165) is 10.4 Å². The van der Waals surface area contributed by atoms with Crippen LogP contribution in [0.1, 0.15) is 21.8 Å². The molecule has 0 saturated carbocycles. The van der Waals surface area contributed by atoms with E-state index in [-0.39, 0.29) is 18.8 Å². The molecule has 1 amide bonds. The number of carbonyl (C=O) groups excluding carboxylic acids is 1. The predicted octanol–water partition coefficient (Wildman–Crippen LogP) is 2.03. The lowest BCUT2D eigenvalue weighted by Gasteiger charge is -2.05. The SMILES string of the molecule is COc1cc(/C=N\NC(=O)Cc2nc3sc(C)c(C)c3c(=O)[nH]2)cc2c1OCO2. The number of aryl methyl sites for hydroxylation is 2. The van der Waals surface area contributed by atoms with Gasteiger partial charge in [-0.05, 0) is 31.5 Å². The molecule has 0 aliphatic carbocycles. The van der Waals surface area contributed by atoms with E-state index in [9.17, 15) is 9.59 Å². The van der Waals surface area contributed by atoms with Gasteiger partial charge in [0.05, 0.1) is 25.1 Å². The molecule has 1 aliphatic heterocycles. The molecule has 2 aromatic heterocycles. The number of nitrogens with zero attached hydrogens (tertiary/aromatic N) is 2. The van der Waals surface area contributed by atoms with E-state index in [1.165, 1.54) is 24.7 Å². The smallest absolute Gasteiger partial charge is 0.259 e. The molecule has 0 fully saturated rings. The monoisotopic (exact) mass is 414 g/mol. The molecule has 2 N–H and O–H groups in total. The van der Waals surface area contributed by atoms with Crippen molar-refractivity contribution in [2.45, 2.75) is 20.3 Å². The molecule has 1 aliphatic rings. The van der Waals surface area contributed by atoms with Gasteiger partial charge in [0, 0.05) is 10.4 Å². The summed E-state index contributed by atoms with van der Waals surface area (Å²) < 4.78 is 16.0. The number of aromatic nitrogens is 2. The van der Waals surface area contributed by atoms with E-state index in [2.05, 4.69) is 20.5 Å². The Bertz CT molecular complexity index is 1200. The van der Waals surface area contributed by atoms with Gasteiger partial charge in [-0.3, -0.25) is 9.59 Å². The maximum atomic E-state index is 12.3. The summed E-state index contributed by atoms with van der Waals surface area (Å²) in [5.41, 5.74) is 3.77. The van der Waals surface area contributed by atoms with Crippen molar-refractivity contribution in [3.8, 4) is 17.2 Å². The zero-order chi connectivity index (χ0) is 20.5. The maximum absolute atomic E-state index is 12.3. The summed E-state index contributed by atoms with van der Waals surface area (Å²) in [6.45, 7) is 3.95. The standard InChI is InChI=1S/C19H18N4O5S/c1-9-10(2)29-19-16(9)18(25)21-14(22-19)6-15(24)23-20-7-11-4-12(26-3)17-13(5-11)27-8-28-17/h4-5,7H,6,8H2,1-3H3,(H,23,24)(H,21,22,25)/b20-7-. The van der Waals surface area contributed by atoms with Gasteiger partial charge in [0.15, 0.2) is 11.5 Å². The van der Waals surface area contributed by atoms with E-state index >= 15 is 0 Å². The number of hydrogen-bond donors (Lipinski definition) is 2. The van der Waals surface area contributed by atoms with Gasteiger partial charge in [0.2, 0.25) is 18.4 Å². The second-order valence-electron chi connectivity index (χ2n) is 6.40. The zero-order valence-corrected chi connectivity index (χ0v) is 16.8. The molecule has 3 heterocycles. The molecule has 29 heavy (non-hydrogen) atoms. The first-order chi connectivity index (χ1) is 14.0. The van der Waals surface area contributed by atoms with Crippen molar-refractivity contribution in [1.29, 1.82) is 0 Å². The number of nitrogens with one attached hydrogen (secondary N) is 2. The van der Waals surface area contributed by atoms with Crippen LogP contribution in [-0.4, -0.2) is 36.0 Å². The molecule has 0 atom stereocenters. The lowest BCUT2D eigenvalue weighted by molar-refractivity contribution is -0.120. The third-order valence-electron chi connectivity index (χ3n) is 4.50. The largest absolute Gasteiger partial charge is 0.493 e. The molecule has 1 aromatic carbocycles. The van der Waals surface area contributed by atoms with Crippen molar-refractivity contribution in [2.75, 3.05) is 13.9 Å². The highest BCUT2D eigenvalue weighted by Crippen LogP contribution is 2.41. The fourth-order valence-electron chi connectivity index (χ4n) is 2.98. The van der Waals surface area contributed by atoms with Crippen molar-refractivity contribution < 1.29 is 19.0 Å². The fourth-order valence-corrected chi connectivity index (χ4v) is 4.03. The van der Waals surface area contributed by atoms with Gasteiger partial charge in [0.25, 0.3) is 5.56 Å². The number of amides is 1. The molecule has 150 valence electrons. The number of thiophene rings is 1. The van der Waals surface area contributed by atoms with Gasteiger partial charge in [-0.2, -0.15) is 5.10 Å². The summed E-state index contributed by atoms with van der Waals surface area (Å²) in [5.74, 6) is 1.50. The number of ether oxygens (including phenoxy) is 3. The predicted molar refractivity (Wildman–Crippen MR) is 108 cm³/mol. The van der Waals surface area contributed by atoms with Gasteiger partial charge in [-0.1, -0.05) is 0 Å². The molecule has 0 bridgehead atoms. The third kappa shape index (κ3) is 3.66. The van der Waals surface area contributed by atoms with E-state index in [4.69, 9.17) is 14.2 Å². The third-order valence-corrected chi connectivity index (χ3v) is 5.60. The van der Waals surface area contributed by atoms with Crippen LogP contribution in [0.25, 0.3) is 10.2 Å². The average molecular weight is 414 g/mol. The van der Waals surface area contributed by atoms with Crippen molar-refractivity contribution >= 4 is 33.7 Å². The van der Waals surface area contributed by atoms with E-state index in [1.807, 2.05) is 13.8 Å². The topological polar surface area (TPSA) is 115 Å². The lowest BCUT2D eigenvalue weighted by atomic mass is 10.2. The summed E-state index contributed by atoms with van der Waals surface area (Å²) >= 11 is 1.44. The Labute approximate surface area is 169 Å². The van der Waals surface area contributed by atoms with Crippen LogP contribution in [0.5, 0.6) is 17.2 Å². The minimum Gasteiger partial charge on any atom is -0.493 e. The fraction of sp³-hybridized carbons (Fsp3) is 0.263. The molecular weight excluding hydrogens is 396 g/mol. The van der Waals surface area contributed by atoms with Gasteiger partial charge < -0.3 is 19.2 Å². The average Bonchev–Trinajstić information content (AvgIpc) is 3.25. The van der Waals surface area contributed by atoms with Crippen LogP contribution < -0.4 is 25.2 Å². The molecule has 0 spiro atoms. The number of benzene rings is 1. The Morgan fingerprint density at radius 1 is 1.41 bits per heavy atom. The number of H-pyrrole nitrogens is 1. The Hall–Kier alpha value is -3.40. The number of rotatable bonds is 5. The number of carbonyl (C=O) groups is 1. The van der Waals surface area contributed by atoms with Gasteiger partial charge in [-0.25, -0.2) is 10.4 Å². The number of hydrazone groups is 1. The molecule has 0 radical (unpaired) electrons. The van der Waals surface area contributed by atoms with E-state index in [1.54, 1.807) is 12.1 Å². The molecule has 4 rings (SSSR count). The molecule has 3 aromatic rings. The highest BCUT2D eigenvalue weighted by atomic mass is 32.1. The number of methoxy groups -OCH3 is 1. The maximum Gasteiger partial charge on any atom is 0.259 e. The van der Waals surface area contributed by atoms with Crippen LogP contribution in [0, 0.1) is 13.8 Å². The van der Waals surface area contributed by atoms with Crippen molar-refractivity contribution in [1.82, 2.24) is 15.4 Å². The van der Waals surface area contributed by atoms with Crippen LogP contribution in [0.2, 0.25) is 0 Å². The number of aromatic amines is 1. The normalized spacial score (nSPS) is 12.7. The summed E-state index contributed by atoms with van der Waals surface area (Å²) in [6, 6.07) is 3.45. The van der Waals surface area contributed by atoms with Gasteiger partial charge >= 0.3 is 0 Å². The van der Waals surface area contributed by atoms with E-state index in [0.29, 0.717) is 38.9 Å². The lowest BCUT2D eigenvalue weighted by Crippen LogP contribution is -2.23. The quantitative estimate of drug-likeness (QED) is 0.488. The first-order valence-corrected chi connectivity index (χ1v) is 9.56. The minimum atomic E-state index is -0.401. The summed E-state index contributed by atoms with van der Waals surface area (Å²) in [6.07, 6.45) is 1.37. The molecule has 0 unspecified atom stereocenters. The molecule has 10 heteroatoms.